The van der Waals surface area contributed by atoms with Crippen molar-refractivity contribution in [2.75, 3.05) is 0 Å². The van der Waals surface area contributed by atoms with Gasteiger partial charge in [0.1, 0.15) is 0 Å². The molecule has 1 aliphatic carbocycles. The van der Waals surface area contributed by atoms with Crippen LogP contribution in [0.1, 0.15) is 73.6 Å². The van der Waals surface area contributed by atoms with Gasteiger partial charge in [-0.1, -0.05) is 33.6 Å². The number of likely N-dealkylation sites (tertiary alicyclic amines) is 1. The van der Waals surface area contributed by atoms with Crippen LogP contribution in [0, 0.1) is 11.3 Å². The van der Waals surface area contributed by atoms with E-state index in [1.54, 1.807) is 0 Å². The van der Waals surface area contributed by atoms with Crippen LogP contribution < -0.4 is 0 Å². The highest BCUT2D eigenvalue weighted by atomic mass is 15.3. The second-order valence-corrected chi connectivity index (χ2v) is 8.31. The third kappa shape index (κ3) is 2.54. The van der Waals surface area contributed by atoms with E-state index in [-0.39, 0.29) is 0 Å². The van der Waals surface area contributed by atoms with Gasteiger partial charge in [0.2, 0.25) is 0 Å². The number of hydrogen-bond acceptors (Lipinski definition) is 1. The lowest BCUT2D eigenvalue weighted by Crippen LogP contribution is -2.53. The molecule has 1 saturated carbocycles. The average molecular weight is 237 g/mol. The molecular formula is C16H31N. The molecule has 0 bridgehead atoms. The number of nitrogens with zero attached hydrogens (tertiary/aromatic N) is 1. The van der Waals surface area contributed by atoms with E-state index in [1.165, 1.54) is 32.1 Å². The van der Waals surface area contributed by atoms with Crippen molar-refractivity contribution in [1.29, 1.82) is 0 Å². The zero-order valence-corrected chi connectivity index (χ0v) is 12.7. The van der Waals surface area contributed by atoms with Crippen LogP contribution in [0.15, 0.2) is 0 Å². The molecule has 0 unspecified atom stereocenters. The van der Waals surface area contributed by atoms with Crippen molar-refractivity contribution in [3.8, 4) is 0 Å². The fourth-order valence-corrected chi connectivity index (χ4v) is 4.20. The molecule has 0 aromatic heterocycles. The molecule has 17 heavy (non-hydrogen) atoms. The third-order valence-corrected chi connectivity index (χ3v) is 4.86. The van der Waals surface area contributed by atoms with E-state index in [9.17, 15) is 0 Å². The fourth-order valence-electron chi connectivity index (χ4n) is 4.20. The summed E-state index contributed by atoms with van der Waals surface area (Å²) in [5.41, 5.74) is 0.749. The molecule has 2 aliphatic rings. The predicted molar refractivity (Wildman–Crippen MR) is 75.2 cm³/mol. The zero-order valence-electron chi connectivity index (χ0n) is 12.7. The van der Waals surface area contributed by atoms with Crippen LogP contribution in [0.5, 0.6) is 0 Å². The maximum absolute atomic E-state index is 2.87. The molecule has 0 N–H and O–H groups in total. The van der Waals surface area contributed by atoms with Gasteiger partial charge in [-0.3, -0.25) is 4.90 Å². The lowest BCUT2D eigenvalue weighted by Gasteiger charge is -2.47. The Morgan fingerprint density at radius 1 is 0.882 bits per heavy atom. The molecule has 0 spiro atoms. The summed E-state index contributed by atoms with van der Waals surface area (Å²) in [5, 5.41) is 0. The first kappa shape index (κ1) is 13.4. The Hall–Kier alpha value is -0.0400. The van der Waals surface area contributed by atoms with Gasteiger partial charge >= 0.3 is 0 Å². The molecule has 2 fully saturated rings. The molecule has 0 aromatic rings. The van der Waals surface area contributed by atoms with Gasteiger partial charge in [-0.2, -0.15) is 0 Å². The summed E-state index contributed by atoms with van der Waals surface area (Å²) < 4.78 is 0. The monoisotopic (exact) mass is 237 g/mol. The van der Waals surface area contributed by atoms with Gasteiger partial charge in [0.15, 0.2) is 0 Å². The minimum absolute atomic E-state index is 0.328. The Balaban J connectivity index is 2.27. The van der Waals surface area contributed by atoms with Gasteiger partial charge in [0.05, 0.1) is 0 Å². The largest absolute Gasteiger partial charge is 0.292 e. The second-order valence-electron chi connectivity index (χ2n) is 8.31. The molecule has 0 aromatic carbocycles. The van der Waals surface area contributed by atoms with Gasteiger partial charge in [-0.25, -0.2) is 0 Å². The van der Waals surface area contributed by atoms with E-state index in [0.29, 0.717) is 11.0 Å². The summed E-state index contributed by atoms with van der Waals surface area (Å²) in [6.45, 7) is 14.5. The van der Waals surface area contributed by atoms with Gasteiger partial charge in [0, 0.05) is 17.6 Å². The summed E-state index contributed by atoms with van der Waals surface area (Å²) in [4.78, 5) is 2.87. The molecule has 1 heteroatoms. The van der Waals surface area contributed by atoms with E-state index < -0.39 is 0 Å². The number of rotatable bonds is 0. The Bertz CT molecular complexity index is 268. The summed E-state index contributed by atoms with van der Waals surface area (Å²) in [5.74, 6) is 0.979. The van der Waals surface area contributed by atoms with E-state index in [0.717, 1.165) is 18.0 Å². The van der Waals surface area contributed by atoms with Crippen LogP contribution in [-0.2, 0) is 0 Å². The highest BCUT2D eigenvalue weighted by Crippen LogP contribution is 2.48. The molecule has 0 radical (unpaired) electrons. The Morgan fingerprint density at radius 2 is 1.47 bits per heavy atom. The van der Waals surface area contributed by atoms with Crippen LogP contribution in [-0.4, -0.2) is 22.5 Å². The van der Waals surface area contributed by atoms with Crippen LogP contribution in [0.25, 0.3) is 0 Å². The van der Waals surface area contributed by atoms with Crippen LogP contribution in [0.3, 0.4) is 0 Å². The maximum Gasteiger partial charge on any atom is 0.0155 e. The maximum atomic E-state index is 2.87. The molecule has 1 saturated heterocycles. The molecule has 2 rings (SSSR count). The Morgan fingerprint density at radius 3 is 2.00 bits per heavy atom. The van der Waals surface area contributed by atoms with Crippen molar-refractivity contribution in [3.05, 3.63) is 0 Å². The molecule has 1 nitrogen and oxygen atoms in total. The minimum Gasteiger partial charge on any atom is -0.292 e. The Labute approximate surface area is 108 Å². The lowest BCUT2D eigenvalue weighted by molar-refractivity contribution is 0.0140. The van der Waals surface area contributed by atoms with Crippen molar-refractivity contribution >= 4 is 0 Å². The molecule has 100 valence electrons. The lowest BCUT2D eigenvalue weighted by atomic mass is 9.80. The number of hydrogen-bond donors (Lipinski definition) is 0. The highest BCUT2D eigenvalue weighted by Gasteiger charge is 2.49. The second kappa shape index (κ2) is 4.26. The highest BCUT2D eigenvalue weighted by molar-refractivity contribution is 5.03. The van der Waals surface area contributed by atoms with Gasteiger partial charge in [-0.05, 0) is 51.4 Å². The third-order valence-electron chi connectivity index (χ3n) is 4.86. The van der Waals surface area contributed by atoms with Crippen molar-refractivity contribution in [1.82, 2.24) is 4.90 Å². The minimum atomic E-state index is 0.328. The predicted octanol–water partition coefficient (Wildman–Crippen LogP) is 4.46. The fraction of sp³-hybridized carbons (Fsp3) is 1.00. The molecule has 1 aliphatic heterocycles. The van der Waals surface area contributed by atoms with Crippen molar-refractivity contribution < 1.29 is 0 Å². The first-order chi connectivity index (χ1) is 7.71. The summed E-state index contributed by atoms with van der Waals surface area (Å²) in [7, 11) is 0. The topological polar surface area (TPSA) is 3.24 Å². The quantitative estimate of drug-likeness (QED) is 0.601. The standard InChI is InChI=1S/C16H31N/c1-15(2,3)14-11-12-9-7-8-10-13(12)17(14)16(4,5)6/h12-14H,7-11H2,1-6H3/t12-,13-,14-/m0/s1. The smallest absolute Gasteiger partial charge is 0.0155 e. The summed E-state index contributed by atoms with van der Waals surface area (Å²) >= 11 is 0. The molecule has 0 amide bonds. The Kier molecular flexibility index (Phi) is 3.36. The van der Waals surface area contributed by atoms with Crippen molar-refractivity contribution in [3.63, 3.8) is 0 Å². The van der Waals surface area contributed by atoms with Gasteiger partial charge in [0.25, 0.3) is 0 Å². The van der Waals surface area contributed by atoms with E-state index in [4.69, 9.17) is 0 Å². The number of fused-ring (bicyclic) bond motifs is 1. The SMILES string of the molecule is CC(C)(C)[C@@H]1C[C@@H]2CCCC[C@@H]2N1C(C)(C)C. The first-order valence-electron chi connectivity index (χ1n) is 7.50. The normalized spacial score (nSPS) is 36.0. The van der Waals surface area contributed by atoms with Gasteiger partial charge in [-0.15, -0.1) is 0 Å². The van der Waals surface area contributed by atoms with Crippen molar-refractivity contribution in [2.24, 2.45) is 11.3 Å². The first-order valence-corrected chi connectivity index (χ1v) is 7.50. The van der Waals surface area contributed by atoms with Crippen LogP contribution in [0.4, 0.5) is 0 Å². The van der Waals surface area contributed by atoms with E-state index in [1.807, 2.05) is 0 Å². The summed E-state index contributed by atoms with van der Waals surface area (Å²) in [6, 6.07) is 1.64. The van der Waals surface area contributed by atoms with Gasteiger partial charge < -0.3 is 0 Å². The molecular weight excluding hydrogens is 206 g/mol. The van der Waals surface area contributed by atoms with E-state index in [2.05, 4.69) is 46.4 Å². The summed E-state index contributed by atoms with van der Waals surface area (Å²) in [6.07, 6.45) is 7.27. The van der Waals surface area contributed by atoms with Crippen LogP contribution >= 0.6 is 0 Å². The van der Waals surface area contributed by atoms with E-state index >= 15 is 0 Å². The zero-order chi connectivity index (χ0) is 12.8. The van der Waals surface area contributed by atoms with Crippen LogP contribution in [0.2, 0.25) is 0 Å². The molecule has 1 heterocycles. The van der Waals surface area contributed by atoms with Crippen molar-refractivity contribution in [2.45, 2.75) is 91.3 Å². The average Bonchev–Trinajstić information content (AvgIpc) is 2.54. The molecule has 3 atom stereocenters.